The van der Waals surface area contributed by atoms with E-state index in [1.54, 1.807) is 19.1 Å². The molecule has 1 aromatic carbocycles. The van der Waals surface area contributed by atoms with Crippen LogP contribution in [0.25, 0.3) is 0 Å². The second-order valence-corrected chi connectivity index (χ2v) is 3.88. The third-order valence-electron chi connectivity index (χ3n) is 2.10. The monoisotopic (exact) mass is 236 g/mol. The maximum atomic E-state index is 11.6. The minimum Gasteiger partial charge on any atom is -0.459 e. The normalized spacial score (nSPS) is 11.7. The molecule has 0 fully saturated rings. The molecule has 92 valence electrons. The van der Waals surface area contributed by atoms with Crippen LogP contribution in [0.5, 0.6) is 0 Å². The third-order valence-corrected chi connectivity index (χ3v) is 2.10. The highest BCUT2D eigenvalue weighted by molar-refractivity contribution is 5.89. The van der Waals surface area contributed by atoms with Gasteiger partial charge in [-0.25, -0.2) is 4.79 Å². The lowest BCUT2D eigenvalue weighted by atomic mass is 10.1. The maximum absolute atomic E-state index is 11.6. The quantitative estimate of drug-likeness (QED) is 0.751. The summed E-state index contributed by atoms with van der Waals surface area (Å²) in [5.41, 5.74) is 1.57. The number of rotatable bonds is 4. The lowest BCUT2D eigenvalue weighted by molar-refractivity contribution is -0.147. The van der Waals surface area contributed by atoms with Crippen LogP contribution in [0, 0.1) is 6.92 Å². The Morgan fingerprint density at radius 1 is 1.24 bits per heavy atom. The number of esters is 2. The topological polar surface area (TPSA) is 52.6 Å². The summed E-state index contributed by atoms with van der Waals surface area (Å²) in [4.78, 5) is 22.2. The zero-order valence-corrected chi connectivity index (χ0v) is 10.2. The summed E-state index contributed by atoms with van der Waals surface area (Å²) in [6.07, 6.45) is -0.429. The van der Waals surface area contributed by atoms with E-state index in [1.165, 1.54) is 6.92 Å². The van der Waals surface area contributed by atoms with Crippen molar-refractivity contribution >= 4 is 11.9 Å². The van der Waals surface area contributed by atoms with Gasteiger partial charge in [-0.3, -0.25) is 4.79 Å². The van der Waals surface area contributed by atoms with Gasteiger partial charge in [0.2, 0.25) is 0 Å². The van der Waals surface area contributed by atoms with Crippen LogP contribution in [0.1, 0.15) is 29.8 Å². The van der Waals surface area contributed by atoms with E-state index in [2.05, 4.69) is 0 Å². The van der Waals surface area contributed by atoms with Crippen molar-refractivity contribution in [1.29, 1.82) is 0 Å². The molecule has 0 saturated carbocycles. The van der Waals surface area contributed by atoms with Gasteiger partial charge in [0.15, 0.2) is 0 Å². The van der Waals surface area contributed by atoms with E-state index in [4.69, 9.17) is 9.47 Å². The standard InChI is InChI=1S/C13H16O4/c1-9-4-6-12(7-5-9)13(15)16-8-10(2)17-11(3)14/h4-7,10H,8H2,1-3H3. The van der Waals surface area contributed by atoms with E-state index in [-0.39, 0.29) is 12.6 Å². The second kappa shape index (κ2) is 6.03. The number of ether oxygens (including phenoxy) is 2. The van der Waals surface area contributed by atoms with Crippen molar-refractivity contribution in [3.63, 3.8) is 0 Å². The number of aryl methyl sites for hydroxylation is 1. The average Bonchev–Trinajstić information content (AvgIpc) is 2.26. The molecule has 0 aliphatic heterocycles. The van der Waals surface area contributed by atoms with Gasteiger partial charge in [-0.1, -0.05) is 17.7 Å². The van der Waals surface area contributed by atoms with Crippen molar-refractivity contribution in [3.8, 4) is 0 Å². The second-order valence-electron chi connectivity index (χ2n) is 3.88. The SMILES string of the molecule is CC(=O)OC(C)COC(=O)c1ccc(C)cc1. The Morgan fingerprint density at radius 3 is 2.35 bits per heavy atom. The first-order chi connectivity index (χ1) is 7.99. The van der Waals surface area contributed by atoms with Gasteiger partial charge in [-0.15, -0.1) is 0 Å². The summed E-state index contributed by atoms with van der Waals surface area (Å²) in [5, 5.41) is 0. The van der Waals surface area contributed by atoms with Gasteiger partial charge in [0, 0.05) is 6.92 Å². The minimum absolute atomic E-state index is 0.0618. The lowest BCUT2D eigenvalue weighted by Gasteiger charge is -2.12. The van der Waals surface area contributed by atoms with Crippen LogP contribution in [0.15, 0.2) is 24.3 Å². The van der Waals surface area contributed by atoms with Crippen molar-refractivity contribution < 1.29 is 19.1 Å². The molecule has 0 radical (unpaired) electrons. The Kier molecular flexibility index (Phi) is 4.69. The molecular weight excluding hydrogens is 220 g/mol. The van der Waals surface area contributed by atoms with Crippen LogP contribution < -0.4 is 0 Å². The van der Waals surface area contributed by atoms with E-state index < -0.39 is 12.1 Å². The molecule has 0 heterocycles. The molecule has 4 nitrogen and oxygen atoms in total. The molecule has 0 aliphatic carbocycles. The van der Waals surface area contributed by atoms with Crippen molar-refractivity contribution in [2.75, 3.05) is 6.61 Å². The van der Waals surface area contributed by atoms with E-state index in [1.807, 2.05) is 19.1 Å². The fourth-order valence-corrected chi connectivity index (χ4v) is 1.28. The largest absolute Gasteiger partial charge is 0.459 e. The summed E-state index contributed by atoms with van der Waals surface area (Å²) in [6, 6.07) is 7.08. The first-order valence-corrected chi connectivity index (χ1v) is 5.40. The first kappa shape index (κ1) is 13.2. The molecular formula is C13H16O4. The minimum atomic E-state index is -0.429. The molecule has 1 atom stereocenters. The molecule has 0 spiro atoms. The van der Waals surface area contributed by atoms with E-state index >= 15 is 0 Å². The van der Waals surface area contributed by atoms with Gasteiger partial charge >= 0.3 is 11.9 Å². The predicted molar refractivity (Wildman–Crippen MR) is 62.7 cm³/mol. The third kappa shape index (κ3) is 4.68. The van der Waals surface area contributed by atoms with Gasteiger partial charge in [0.05, 0.1) is 5.56 Å². The van der Waals surface area contributed by atoms with Gasteiger partial charge in [-0.2, -0.15) is 0 Å². The lowest BCUT2D eigenvalue weighted by Crippen LogP contribution is -2.21. The first-order valence-electron chi connectivity index (χ1n) is 5.40. The molecule has 0 N–H and O–H groups in total. The Morgan fingerprint density at radius 2 is 1.82 bits per heavy atom. The summed E-state index contributed by atoms with van der Waals surface area (Å²) in [5.74, 6) is -0.798. The predicted octanol–water partition coefficient (Wildman–Crippen LogP) is 2.10. The Balaban J connectivity index is 2.44. The van der Waals surface area contributed by atoms with Crippen molar-refractivity contribution in [2.24, 2.45) is 0 Å². The molecule has 0 aromatic heterocycles. The summed E-state index contributed by atoms with van der Waals surface area (Å²) in [7, 11) is 0. The zero-order valence-electron chi connectivity index (χ0n) is 10.2. The molecule has 1 unspecified atom stereocenters. The van der Waals surface area contributed by atoms with E-state index in [0.717, 1.165) is 5.56 Å². The molecule has 1 rings (SSSR count). The molecule has 1 aromatic rings. The summed E-state index contributed by atoms with van der Waals surface area (Å²) < 4.78 is 9.85. The van der Waals surface area contributed by atoms with Crippen molar-refractivity contribution in [1.82, 2.24) is 0 Å². The van der Waals surface area contributed by atoms with Crippen LogP contribution in [0.2, 0.25) is 0 Å². The van der Waals surface area contributed by atoms with Crippen LogP contribution >= 0.6 is 0 Å². The van der Waals surface area contributed by atoms with Gasteiger partial charge < -0.3 is 9.47 Å². The molecule has 0 amide bonds. The molecule has 17 heavy (non-hydrogen) atoms. The Bertz CT molecular complexity index is 394. The average molecular weight is 236 g/mol. The number of carbonyl (C=O) groups is 2. The van der Waals surface area contributed by atoms with Crippen molar-refractivity contribution in [3.05, 3.63) is 35.4 Å². The van der Waals surface area contributed by atoms with Gasteiger partial charge in [-0.05, 0) is 26.0 Å². The number of carbonyl (C=O) groups excluding carboxylic acids is 2. The zero-order chi connectivity index (χ0) is 12.8. The molecule has 0 aliphatic rings. The highest BCUT2D eigenvalue weighted by Crippen LogP contribution is 2.05. The fourth-order valence-electron chi connectivity index (χ4n) is 1.28. The number of hydrogen-bond acceptors (Lipinski definition) is 4. The van der Waals surface area contributed by atoms with E-state index in [9.17, 15) is 9.59 Å². The molecule has 0 saturated heterocycles. The van der Waals surface area contributed by atoms with Crippen LogP contribution in [-0.2, 0) is 14.3 Å². The van der Waals surface area contributed by atoms with Gasteiger partial charge in [0.25, 0.3) is 0 Å². The molecule has 0 bridgehead atoms. The summed E-state index contributed by atoms with van der Waals surface area (Å²) >= 11 is 0. The maximum Gasteiger partial charge on any atom is 0.338 e. The highest BCUT2D eigenvalue weighted by Gasteiger charge is 2.11. The Labute approximate surface area is 101 Å². The van der Waals surface area contributed by atoms with Crippen LogP contribution in [-0.4, -0.2) is 24.6 Å². The number of benzene rings is 1. The smallest absolute Gasteiger partial charge is 0.338 e. The number of hydrogen-bond donors (Lipinski definition) is 0. The van der Waals surface area contributed by atoms with Crippen LogP contribution in [0.3, 0.4) is 0 Å². The fraction of sp³-hybridized carbons (Fsp3) is 0.385. The Hall–Kier alpha value is -1.84. The van der Waals surface area contributed by atoms with Gasteiger partial charge in [0.1, 0.15) is 12.7 Å². The highest BCUT2D eigenvalue weighted by atomic mass is 16.6. The van der Waals surface area contributed by atoms with E-state index in [0.29, 0.717) is 5.56 Å². The van der Waals surface area contributed by atoms with Crippen LogP contribution in [0.4, 0.5) is 0 Å². The summed E-state index contributed by atoms with van der Waals surface area (Å²) in [6.45, 7) is 4.99. The van der Waals surface area contributed by atoms with Crippen molar-refractivity contribution in [2.45, 2.75) is 26.9 Å². The molecule has 4 heteroatoms.